The van der Waals surface area contributed by atoms with Crippen molar-refractivity contribution in [2.24, 2.45) is 0 Å². The molecule has 0 aliphatic heterocycles. The second-order valence-corrected chi connectivity index (χ2v) is 3.64. The van der Waals surface area contributed by atoms with Crippen LogP contribution in [0.2, 0.25) is 0 Å². The summed E-state index contributed by atoms with van der Waals surface area (Å²) in [6.07, 6.45) is 5.25. The van der Waals surface area contributed by atoms with E-state index >= 15 is 0 Å². The third kappa shape index (κ3) is 2.34. The average molecular weight is 217 g/mol. The normalized spacial score (nSPS) is 10.1. The highest BCUT2D eigenvalue weighted by molar-refractivity contribution is 5.53. The van der Waals surface area contributed by atoms with Crippen molar-refractivity contribution in [3.8, 4) is 0 Å². The summed E-state index contributed by atoms with van der Waals surface area (Å²) in [6.45, 7) is 0.823. The highest BCUT2D eigenvalue weighted by atomic mass is 16.3. The molecule has 16 heavy (non-hydrogen) atoms. The molecular weight excluding hydrogens is 202 g/mol. The van der Waals surface area contributed by atoms with Crippen LogP contribution >= 0.6 is 0 Å². The van der Waals surface area contributed by atoms with E-state index in [9.17, 15) is 0 Å². The predicted octanol–water partition coefficient (Wildman–Crippen LogP) is 2.35. The van der Waals surface area contributed by atoms with Crippen LogP contribution in [0, 0.1) is 0 Å². The lowest BCUT2D eigenvalue weighted by Crippen LogP contribution is -2.16. The Morgan fingerprint density at radius 1 is 1.44 bits per heavy atom. The second-order valence-electron chi connectivity index (χ2n) is 3.64. The first-order chi connectivity index (χ1) is 7.79. The van der Waals surface area contributed by atoms with Crippen molar-refractivity contribution >= 4 is 11.5 Å². The van der Waals surface area contributed by atoms with Gasteiger partial charge >= 0.3 is 0 Å². The lowest BCUT2D eigenvalue weighted by molar-refractivity contribution is 0.563. The molecule has 0 saturated carbocycles. The Labute approximate surface area is 94.9 Å². The van der Waals surface area contributed by atoms with Crippen LogP contribution in [0.25, 0.3) is 0 Å². The van der Waals surface area contributed by atoms with Gasteiger partial charge in [-0.15, -0.1) is 0 Å². The van der Waals surface area contributed by atoms with Gasteiger partial charge in [0.1, 0.15) is 5.82 Å². The van der Waals surface area contributed by atoms with Crippen LogP contribution < -0.4 is 10.2 Å². The monoisotopic (exact) mass is 217 g/mol. The molecule has 0 saturated heterocycles. The summed E-state index contributed by atoms with van der Waals surface area (Å²) in [5.41, 5.74) is 2.28. The van der Waals surface area contributed by atoms with Crippen LogP contribution in [-0.4, -0.2) is 19.1 Å². The van der Waals surface area contributed by atoms with E-state index in [4.69, 9.17) is 4.42 Å². The van der Waals surface area contributed by atoms with Gasteiger partial charge in [-0.3, -0.25) is 0 Å². The summed E-state index contributed by atoms with van der Waals surface area (Å²) < 4.78 is 5.04. The summed E-state index contributed by atoms with van der Waals surface area (Å²) in [5.74, 6) is 0.872. The van der Waals surface area contributed by atoms with Crippen molar-refractivity contribution in [2.45, 2.75) is 6.54 Å². The van der Waals surface area contributed by atoms with Gasteiger partial charge in [-0.25, -0.2) is 4.98 Å². The number of nitrogens with one attached hydrogen (secondary N) is 1. The van der Waals surface area contributed by atoms with Crippen molar-refractivity contribution < 1.29 is 4.42 Å². The number of aromatic nitrogens is 1. The maximum absolute atomic E-state index is 5.04. The van der Waals surface area contributed by atoms with E-state index in [0.29, 0.717) is 0 Å². The van der Waals surface area contributed by atoms with Crippen LogP contribution in [0.3, 0.4) is 0 Å². The SMILES string of the molecule is CNc1cc(N(C)Cc2ccoc2)ccn1. The van der Waals surface area contributed by atoms with Crippen molar-refractivity contribution in [3.63, 3.8) is 0 Å². The van der Waals surface area contributed by atoms with Gasteiger partial charge in [-0.1, -0.05) is 0 Å². The zero-order valence-corrected chi connectivity index (χ0v) is 9.47. The minimum absolute atomic E-state index is 0.823. The molecule has 0 aromatic carbocycles. The van der Waals surface area contributed by atoms with Gasteiger partial charge in [0.15, 0.2) is 0 Å². The fraction of sp³-hybridized carbons (Fsp3) is 0.250. The van der Waals surface area contributed by atoms with Crippen LogP contribution in [0.5, 0.6) is 0 Å². The standard InChI is InChI=1S/C12H15N3O/c1-13-12-7-11(3-5-14-12)15(2)8-10-4-6-16-9-10/h3-7,9H,8H2,1-2H3,(H,13,14). The summed E-state index contributed by atoms with van der Waals surface area (Å²) in [6, 6.07) is 5.97. The molecule has 0 aliphatic carbocycles. The molecule has 0 spiro atoms. The van der Waals surface area contributed by atoms with Crippen LogP contribution in [0.4, 0.5) is 11.5 Å². The number of pyridine rings is 1. The molecule has 2 aromatic rings. The van der Waals surface area contributed by atoms with Gasteiger partial charge in [0.2, 0.25) is 0 Å². The van der Waals surface area contributed by atoms with Gasteiger partial charge in [0, 0.05) is 44.2 Å². The molecule has 2 rings (SSSR count). The quantitative estimate of drug-likeness (QED) is 0.853. The van der Waals surface area contributed by atoms with Crippen LogP contribution in [-0.2, 0) is 6.54 Å². The van der Waals surface area contributed by atoms with Crippen LogP contribution in [0.15, 0.2) is 41.3 Å². The van der Waals surface area contributed by atoms with E-state index in [2.05, 4.69) is 15.2 Å². The third-order valence-corrected chi connectivity index (χ3v) is 2.44. The minimum atomic E-state index is 0.823. The summed E-state index contributed by atoms with van der Waals surface area (Å²) in [7, 11) is 3.91. The van der Waals surface area contributed by atoms with E-state index in [1.807, 2.05) is 32.3 Å². The Morgan fingerprint density at radius 2 is 2.31 bits per heavy atom. The molecular formula is C12H15N3O. The lowest BCUT2D eigenvalue weighted by atomic mass is 10.3. The highest BCUT2D eigenvalue weighted by Crippen LogP contribution is 2.17. The number of hydrogen-bond donors (Lipinski definition) is 1. The van der Waals surface area contributed by atoms with E-state index in [1.54, 1.807) is 18.7 Å². The topological polar surface area (TPSA) is 41.3 Å². The molecule has 2 aromatic heterocycles. The van der Waals surface area contributed by atoms with Crippen LogP contribution in [0.1, 0.15) is 5.56 Å². The highest BCUT2D eigenvalue weighted by Gasteiger charge is 2.03. The molecule has 2 heterocycles. The largest absolute Gasteiger partial charge is 0.472 e. The van der Waals surface area contributed by atoms with Crippen molar-refractivity contribution in [1.82, 2.24) is 4.98 Å². The summed E-state index contributed by atoms with van der Waals surface area (Å²) >= 11 is 0. The van der Waals surface area contributed by atoms with Gasteiger partial charge < -0.3 is 14.6 Å². The molecule has 0 unspecified atom stereocenters. The molecule has 0 amide bonds. The Kier molecular flexibility index (Phi) is 3.10. The first kappa shape index (κ1) is 10.5. The average Bonchev–Trinajstić information content (AvgIpc) is 2.82. The van der Waals surface area contributed by atoms with Gasteiger partial charge in [-0.2, -0.15) is 0 Å². The smallest absolute Gasteiger partial charge is 0.127 e. The molecule has 0 fully saturated rings. The molecule has 4 heteroatoms. The Bertz CT molecular complexity index is 439. The Balaban J connectivity index is 2.11. The third-order valence-electron chi connectivity index (χ3n) is 2.44. The molecule has 1 N–H and O–H groups in total. The fourth-order valence-electron chi connectivity index (χ4n) is 1.54. The maximum Gasteiger partial charge on any atom is 0.127 e. The maximum atomic E-state index is 5.04. The fourth-order valence-corrected chi connectivity index (χ4v) is 1.54. The van der Waals surface area contributed by atoms with Crippen molar-refractivity contribution in [1.29, 1.82) is 0 Å². The summed E-state index contributed by atoms with van der Waals surface area (Å²) in [4.78, 5) is 6.33. The molecule has 4 nitrogen and oxygen atoms in total. The molecule has 0 radical (unpaired) electrons. The van der Waals surface area contributed by atoms with Crippen molar-refractivity contribution in [3.05, 3.63) is 42.5 Å². The van der Waals surface area contributed by atoms with E-state index < -0.39 is 0 Å². The minimum Gasteiger partial charge on any atom is -0.472 e. The van der Waals surface area contributed by atoms with Crippen molar-refractivity contribution in [2.75, 3.05) is 24.3 Å². The lowest BCUT2D eigenvalue weighted by Gasteiger charge is -2.18. The Morgan fingerprint density at radius 3 is 3.00 bits per heavy atom. The van der Waals surface area contributed by atoms with E-state index in [-0.39, 0.29) is 0 Å². The first-order valence-electron chi connectivity index (χ1n) is 5.15. The van der Waals surface area contributed by atoms with E-state index in [1.165, 1.54) is 0 Å². The van der Waals surface area contributed by atoms with Gasteiger partial charge in [0.05, 0.1) is 12.5 Å². The molecule has 0 atom stereocenters. The second kappa shape index (κ2) is 4.70. The molecule has 84 valence electrons. The van der Waals surface area contributed by atoms with Gasteiger partial charge in [-0.05, 0) is 12.1 Å². The number of nitrogens with zero attached hydrogens (tertiary/aromatic N) is 2. The summed E-state index contributed by atoms with van der Waals surface area (Å²) in [5, 5.41) is 3.02. The number of furan rings is 1. The van der Waals surface area contributed by atoms with E-state index in [0.717, 1.165) is 23.6 Å². The molecule has 0 aliphatic rings. The number of rotatable bonds is 4. The Hall–Kier alpha value is -1.97. The van der Waals surface area contributed by atoms with Gasteiger partial charge in [0.25, 0.3) is 0 Å². The number of hydrogen-bond acceptors (Lipinski definition) is 4. The first-order valence-corrected chi connectivity index (χ1v) is 5.15. The predicted molar refractivity (Wildman–Crippen MR) is 64.6 cm³/mol. The number of anilines is 2. The zero-order valence-electron chi connectivity index (χ0n) is 9.47. The zero-order chi connectivity index (χ0) is 11.4. The molecule has 0 bridgehead atoms.